The highest BCUT2D eigenvalue weighted by Crippen LogP contribution is 2.09. The average Bonchev–Trinajstić information content (AvgIpc) is 2.56. The maximum atomic E-state index is 4.48. The second-order valence-corrected chi connectivity index (χ2v) is 4.55. The zero-order valence-corrected chi connectivity index (χ0v) is 9.87. The van der Waals surface area contributed by atoms with Crippen LogP contribution in [0.3, 0.4) is 0 Å². The number of aromatic nitrogens is 2. The minimum Gasteiger partial charge on any atom is -0.301 e. The number of rotatable bonds is 3. The van der Waals surface area contributed by atoms with Crippen molar-refractivity contribution in [2.45, 2.75) is 39.7 Å². The molecule has 0 aliphatic carbocycles. The van der Waals surface area contributed by atoms with Crippen LogP contribution in [0.5, 0.6) is 0 Å². The Kier molecular flexibility index (Phi) is 3.41. The summed E-state index contributed by atoms with van der Waals surface area (Å²) in [5, 5.41) is 4.48. The fraction of sp³-hybridized carbons (Fsp3) is 0.750. The highest BCUT2D eigenvalue weighted by molar-refractivity contribution is 5.06. The molecule has 0 saturated carbocycles. The van der Waals surface area contributed by atoms with Gasteiger partial charge in [0.25, 0.3) is 0 Å². The molecule has 2 rings (SSSR count). The monoisotopic (exact) mass is 207 g/mol. The Morgan fingerprint density at radius 2 is 1.87 bits per heavy atom. The minimum atomic E-state index is 1.04. The van der Waals surface area contributed by atoms with E-state index in [0.717, 1.165) is 18.8 Å². The van der Waals surface area contributed by atoms with E-state index in [0.29, 0.717) is 0 Å². The van der Waals surface area contributed by atoms with Gasteiger partial charge in [-0.2, -0.15) is 5.10 Å². The predicted molar refractivity (Wildman–Crippen MR) is 62.0 cm³/mol. The largest absolute Gasteiger partial charge is 0.301 e. The first-order chi connectivity index (χ1) is 7.25. The van der Waals surface area contributed by atoms with Crippen LogP contribution < -0.4 is 0 Å². The molecule has 1 fully saturated rings. The van der Waals surface area contributed by atoms with E-state index in [9.17, 15) is 0 Å². The summed E-state index contributed by atoms with van der Waals surface area (Å²) in [5.74, 6) is 0. The van der Waals surface area contributed by atoms with Gasteiger partial charge in [-0.05, 0) is 45.8 Å². The molecule has 0 spiro atoms. The Morgan fingerprint density at radius 1 is 1.13 bits per heavy atom. The minimum absolute atomic E-state index is 1.04. The van der Waals surface area contributed by atoms with Crippen molar-refractivity contribution in [1.29, 1.82) is 0 Å². The molecule has 15 heavy (non-hydrogen) atoms. The van der Waals surface area contributed by atoms with E-state index in [1.807, 2.05) is 0 Å². The summed E-state index contributed by atoms with van der Waals surface area (Å²) in [7, 11) is 0. The number of likely N-dealkylation sites (tertiary alicyclic amines) is 1. The van der Waals surface area contributed by atoms with Crippen LogP contribution in [-0.2, 0) is 6.54 Å². The van der Waals surface area contributed by atoms with E-state index in [1.165, 1.54) is 38.0 Å². The summed E-state index contributed by atoms with van der Waals surface area (Å²) in [5.41, 5.74) is 2.41. The molecule has 0 unspecified atom stereocenters. The SMILES string of the molecule is Cc1cc(C)n(CCN2CCCCC2)n1. The molecule has 2 heterocycles. The highest BCUT2D eigenvalue weighted by atomic mass is 15.3. The maximum absolute atomic E-state index is 4.48. The summed E-state index contributed by atoms with van der Waals surface area (Å²) in [6, 6.07) is 2.15. The van der Waals surface area contributed by atoms with Crippen molar-refractivity contribution in [2.24, 2.45) is 0 Å². The highest BCUT2D eigenvalue weighted by Gasteiger charge is 2.10. The lowest BCUT2D eigenvalue weighted by Crippen LogP contribution is -2.32. The van der Waals surface area contributed by atoms with E-state index in [4.69, 9.17) is 0 Å². The number of hydrogen-bond acceptors (Lipinski definition) is 2. The van der Waals surface area contributed by atoms with Crippen molar-refractivity contribution in [3.8, 4) is 0 Å². The van der Waals surface area contributed by atoms with Crippen molar-refractivity contribution in [2.75, 3.05) is 19.6 Å². The molecule has 1 aromatic heterocycles. The van der Waals surface area contributed by atoms with Crippen molar-refractivity contribution < 1.29 is 0 Å². The van der Waals surface area contributed by atoms with Crippen LogP contribution in [0.1, 0.15) is 30.7 Å². The molecule has 84 valence electrons. The van der Waals surface area contributed by atoms with Gasteiger partial charge in [0.2, 0.25) is 0 Å². The van der Waals surface area contributed by atoms with Crippen molar-refractivity contribution in [1.82, 2.24) is 14.7 Å². The van der Waals surface area contributed by atoms with Gasteiger partial charge in [-0.25, -0.2) is 0 Å². The van der Waals surface area contributed by atoms with Gasteiger partial charge in [0.15, 0.2) is 0 Å². The van der Waals surface area contributed by atoms with Gasteiger partial charge in [0.05, 0.1) is 12.2 Å². The Bertz CT molecular complexity index is 311. The number of nitrogens with zero attached hydrogens (tertiary/aromatic N) is 3. The first kappa shape index (κ1) is 10.7. The number of piperidine rings is 1. The van der Waals surface area contributed by atoms with Crippen LogP contribution in [-0.4, -0.2) is 34.3 Å². The molecule has 0 radical (unpaired) electrons. The summed E-state index contributed by atoms with van der Waals surface area (Å²) in [6.45, 7) is 8.95. The number of aryl methyl sites for hydroxylation is 2. The topological polar surface area (TPSA) is 21.1 Å². The lowest BCUT2D eigenvalue weighted by Gasteiger charge is -2.26. The lowest BCUT2D eigenvalue weighted by atomic mass is 10.1. The van der Waals surface area contributed by atoms with Gasteiger partial charge in [-0.15, -0.1) is 0 Å². The van der Waals surface area contributed by atoms with Gasteiger partial charge >= 0.3 is 0 Å². The molecule has 0 aromatic carbocycles. The third kappa shape index (κ3) is 2.81. The summed E-state index contributed by atoms with van der Waals surface area (Å²) >= 11 is 0. The van der Waals surface area contributed by atoms with Crippen LogP contribution in [0.4, 0.5) is 0 Å². The normalized spacial score (nSPS) is 18.3. The second-order valence-electron chi connectivity index (χ2n) is 4.55. The van der Waals surface area contributed by atoms with Crippen molar-refractivity contribution in [3.05, 3.63) is 17.5 Å². The Balaban J connectivity index is 1.84. The summed E-state index contributed by atoms with van der Waals surface area (Å²) in [4.78, 5) is 2.56. The second kappa shape index (κ2) is 4.79. The molecule has 3 nitrogen and oxygen atoms in total. The Morgan fingerprint density at radius 3 is 2.47 bits per heavy atom. The average molecular weight is 207 g/mol. The standard InChI is InChI=1S/C12H21N3/c1-11-10-12(2)15(13-11)9-8-14-6-4-3-5-7-14/h10H,3-9H2,1-2H3. The van der Waals surface area contributed by atoms with Crippen LogP contribution in [0.25, 0.3) is 0 Å². The Labute approximate surface area is 92.1 Å². The first-order valence-electron chi connectivity index (χ1n) is 5.99. The molecule has 3 heteroatoms. The zero-order valence-electron chi connectivity index (χ0n) is 9.87. The van der Waals surface area contributed by atoms with Gasteiger partial charge in [-0.1, -0.05) is 6.42 Å². The van der Waals surface area contributed by atoms with Crippen molar-refractivity contribution in [3.63, 3.8) is 0 Å². The molecule has 0 bridgehead atoms. The van der Waals surface area contributed by atoms with E-state index < -0.39 is 0 Å². The van der Waals surface area contributed by atoms with Gasteiger partial charge < -0.3 is 4.90 Å². The third-order valence-corrected chi connectivity index (χ3v) is 3.18. The van der Waals surface area contributed by atoms with Crippen LogP contribution >= 0.6 is 0 Å². The molecule has 1 saturated heterocycles. The van der Waals surface area contributed by atoms with E-state index in [2.05, 4.69) is 34.6 Å². The zero-order chi connectivity index (χ0) is 10.7. The molecule has 1 aliphatic heterocycles. The van der Waals surface area contributed by atoms with Crippen LogP contribution in [0, 0.1) is 13.8 Å². The fourth-order valence-electron chi connectivity index (χ4n) is 2.32. The van der Waals surface area contributed by atoms with E-state index in [1.54, 1.807) is 0 Å². The third-order valence-electron chi connectivity index (χ3n) is 3.18. The first-order valence-corrected chi connectivity index (χ1v) is 5.99. The molecular weight excluding hydrogens is 186 g/mol. The molecular formula is C12H21N3. The van der Waals surface area contributed by atoms with Crippen LogP contribution in [0.15, 0.2) is 6.07 Å². The number of hydrogen-bond donors (Lipinski definition) is 0. The molecule has 0 amide bonds. The van der Waals surface area contributed by atoms with E-state index >= 15 is 0 Å². The van der Waals surface area contributed by atoms with Gasteiger partial charge in [0.1, 0.15) is 0 Å². The molecule has 1 aliphatic rings. The smallest absolute Gasteiger partial charge is 0.0596 e. The fourth-order valence-corrected chi connectivity index (χ4v) is 2.32. The molecule has 0 atom stereocenters. The summed E-state index contributed by atoms with van der Waals surface area (Å²) in [6.07, 6.45) is 4.16. The maximum Gasteiger partial charge on any atom is 0.0596 e. The lowest BCUT2D eigenvalue weighted by molar-refractivity contribution is 0.217. The molecule has 0 N–H and O–H groups in total. The quantitative estimate of drug-likeness (QED) is 0.755. The van der Waals surface area contributed by atoms with Gasteiger partial charge in [0, 0.05) is 12.2 Å². The van der Waals surface area contributed by atoms with Gasteiger partial charge in [-0.3, -0.25) is 4.68 Å². The Hall–Kier alpha value is -0.830. The van der Waals surface area contributed by atoms with Crippen LogP contribution in [0.2, 0.25) is 0 Å². The van der Waals surface area contributed by atoms with Crippen molar-refractivity contribution >= 4 is 0 Å². The molecule has 1 aromatic rings. The predicted octanol–water partition coefficient (Wildman–Crippen LogP) is 1.99. The van der Waals surface area contributed by atoms with E-state index in [-0.39, 0.29) is 0 Å². The summed E-state index contributed by atoms with van der Waals surface area (Å²) < 4.78 is 2.13.